The van der Waals surface area contributed by atoms with Crippen LogP contribution in [0.15, 0.2) is 12.4 Å². The molecule has 1 atom stereocenters. The lowest BCUT2D eigenvalue weighted by Gasteiger charge is -2.19. The molecule has 8 heteroatoms. The molecular formula is C11H18N4O4. The van der Waals surface area contributed by atoms with Crippen molar-refractivity contribution in [1.82, 2.24) is 20.2 Å². The van der Waals surface area contributed by atoms with Crippen molar-refractivity contribution in [2.75, 3.05) is 20.7 Å². The van der Waals surface area contributed by atoms with Crippen LogP contribution >= 0.6 is 0 Å². The molecule has 0 bridgehead atoms. The van der Waals surface area contributed by atoms with Crippen molar-refractivity contribution in [3.8, 4) is 0 Å². The first kappa shape index (κ1) is 15.0. The van der Waals surface area contributed by atoms with Gasteiger partial charge >= 0.3 is 12.0 Å². The van der Waals surface area contributed by atoms with E-state index in [1.54, 1.807) is 19.4 Å². The number of nitrogens with one attached hydrogen (secondary N) is 2. The van der Waals surface area contributed by atoms with Gasteiger partial charge in [-0.05, 0) is 0 Å². The van der Waals surface area contributed by atoms with Crippen LogP contribution in [0.4, 0.5) is 4.79 Å². The smallest absolute Gasteiger partial charge is 0.317 e. The van der Waals surface area contributed by atoms with E-state index in [1.165, 1.54) is 12.0 Å². The van der Waals surface area contributed by atoms with Crippen LogP contribution in [0, 0.1) is 0 Å². The second-order valence-corrected chi connectivity index (χ2v) is 4.03. The number of imidazole rings is 1. The summed E-state index contributed by atoms with van der Waals surface area (Å²) < 4.78 is 4.96. The number of rotatable bonds is 7. The van der Waals surface area contributed by atoms with Crippen LogP contribution in [0.1, 0.15) is 12.2 Å². The average molecular weight is 270 g/mol. The number of urea groups is 1. The standard InChI is InChI=1S/C11H18N4O4/c1-15(7-9-12-3-4-13-9)11(18)14-6-8(19-2)5-10(16)17/h3-4,8H,5-7H2,1-2H3,(H,12,13)(H,14,18)(H,16,17). The first-order valence-corrected chi connectivity index (χ1v) is 5.74. The highest BCUT2D eigenvalue weighted by molar-refractivity contribution is 5.74. The molecule has 2 amide bonds. The number of carbonyl (C=O) groups is 2. The number of hydrogen-bond acceptors (Lipinski definition) is 4. The molecule has 0 saturated heterocycles. The Labute approximate surface area is 110 Å². The number of H-pyrrole nitrogens is 1. The summed E-state index contributed by atoms with van der Waals surface area (Å²) in [5.74, 6) is -0.295. The maximum Gasteiger partial charge on any atom is 0.317 e. The summed E-state index contributed by atoms with van der Waals surface area (Å²) in [6, 6.07) is -0.316. The van der Waals surface area contributed by atoms with E-state index in [9.17, 15) is 9.59 Å². The normalized spacial score (nSPS) is 11.9. The maximum absolute atomic E-state index is 11.7. The van der Waals surface area contributed by atoms with Crippen LogP contribution in [0.25, 0.3) is 0 Å². The van der Waals surface area contributed by atoms with Crippen LogP contribution in [0.3, 0.4) is 0 Å². The molecule has 1 aromatic heterocycles. The quantitative estimate of drug-likeness (QED) is 0.648. The number of ether oxygens (including phenoxy) is 1. The van der Waals surface area contributed by atoms with Gasteiger partial charge in [0, 0.05) is 33.1 Å². The Hall–Kier alpha value is -2.09. The third-order valence-electron chi connectivity index (χ3n) is 2.51. The number of amides is 2. The second kappa shape index (κ2) is 7.37. The SMILES string of the molecule is COC(CNC(=O)N(C)Cc1ncc[nH]1)CC(=O)O. The fraction of sp³-hybridized carbons (Fsp3) is 0.545. The number of aromatic amines is 1. The van der Waals surface area contributed by atoms with E-state index in [0.717, 1.165) is 0 Å². The Morgan fingerprint density at radius 1 is 1.63 bits per heavy atom. The van der Waals surface area contributed by atoms with Gasteiger partial charge in [-0.3, -0.25) is 4.79 Å². The minimum Gasteiger partial charge on any atom is -0.481 e. The largest absolute Gasteiger partial charge is 0.481 e. The number of carboxylic acids is 1. The number of aliphatic carboxylic acids is 1. The Balaban J connectivity index is 2.35. The molecule has 3 N–H and O–H groups in total. The number of carbonyl (C=O) groups excluding carboxylic acids is 1. The highest BCUT2D eigenvalue weighted by Crippen LogP contribution is 1.98. The fourth-order valence-electron chi connectivity index (χ4n) is 1.45. The molecule has 1 aromatic rings. The van der Waals surface area contributed by atoms with Crippen LogP contribution < -0.4 is 5.32 Å². The highest BCUT2D eigenvalue weighted by Gasteiger charge is 2.15. The van der Waals surface area contributed by atoms with E-state index >= 15 is 0 Å². The van der Waals surface area contributed by atoms with Gasteiger partial charge in [-0.1, -0.05) is 0 Å². The summed E-state index contributed by atoms with van der Waals surface area (Å²) in [5.41, 5.74) is 0. The first-order valence-electron chi connectivity index (χ1n) is 5.74. The lowest BCUT2D eigenvalue weighted by Crippen LogP contribution is -2.41. The Morgan fingerprint density at radius 3 is 2.89 bits per heavy atom. The number of nitrogens with zero attached hydrogens (tertiary/aromatic N) is 2. The van der Waals surface area contributed by atoms with Crippen molar-refractivity contribution >= 4 is 12.0 Å². The molecule has 0 aliphatic heterocycles. The topological polar surface area (TPSA) is 108 Å². The van der Waals surface area contributed by atoms with Crippen molar-refractivity contribution in [3.63, 3.8) is 0 Å². The maximum atomic E-state index is 11.7. The summed E-state index contributed by atoms with van der Waals surface area (Å²) in [4.78, 5) is 30.6. The number of aromatic nitrogens is 2. The van der Waals surface area contributed by atoms with Gasteiger partial charge in [-0.15, -0.1) is 0 Å². The van der Waals surface area contributed by atoms with E-state index < -0.39 is 12.1 Å². The minimum absolute atomic E-state index is 0.143. The number of methoxy groups -OCH3 is 1. The molecule has 1 rings (SSSR count). The monoisotopic (exact) mass is 270 g/mol. The van der Waals surface area contributed by atoms with Crippen LogP contribution in [-0.4, -0.2) is 58.8 Å². The van der Waals surface area contributed by atoms with E-state index in [1.807, 2.05) is 0 Å². The molecule has 19 heavy (non-hydrogen) atoms. The summed E-state index contributed by atoms with van der Waals surface area (Å²) in [5, 5.41) is 11.3. The van der Waals surface area contributed by atoms with Crippen molar-refractivity contribution in [3.05, 3.63) is 18.2 Å². The molecule has 0 aliphatic rings. The molecule has 0 spiro atoms. The third-order valence-corrected chi connectivity index (χ3v) is 2.51. The van der Waals surface area contributed by atoms with Gasteiger partial charge in [0.1, 0.15) is 5.82 Å². The Morgan fingerprint density at radius 2 is 2.37 bits per heavy atom. The number of carboxylic acid groups (broad SMARTS) is 1. The van der Waals surface area contributed by atoms with Crippen molar-refractivity contribution in [1.29, 1.82) is 0 Å². The molecule has 8 nitrogen and oxygen atoms in total. The van der Waals surface area contributed by atoms with Crippen LogP contribution in [0.2, 0.25) is 0 Å². The molecule has 0 aliphatic carbocycles. The van der Waals surface area contributed by atoms with Gasteiger partial charge in [0.05, 0.1) is 19.1 Å². The lowest BCUT2D eigenvalue weighted by atomic mass is 10.2. The summed E-state index contributed by atoms with van der Waals surface area (Å²) >= 11 is 0. The molecule has 0 fully saturated rings. The van der Waals surface area contributed by atoms with E-state index in [4.69, 9.17) is 9.84 Å². The number of hydrogen-bond donors (Lipinski definition) is 3. The fourth-order valence-corrected chi connectivity index (χ4v) is 1.45. The Bertz CT molecular complexity index is 407. The van der Waals surface area contributed by atoms with Gasteiger partial charge in [0.15, 0.2) is 0 Å². The molecule has 106 valence electrons. The molecule has 0 radical (unpaired) electrons. The summed E-state index contributed by atoms with van der Waals surface area (Å²) in [6.07, 6.45) is 2.58. The zero-order valence-corrected chi connectivity index (χ0v) is 10.9. The van der Waals surface area contributed by atoms with Gasteiger partial charge in [-0.2, -0.15) is 0 Å². The van der Waals surface area contributed by atoms with Gasteiger partial charge in [0.25, 0.3) is 0 Å². The predicted molar refractivity (Wildman–Crippen MR) is 66.5 cm³/mol. The predicted octanol–water partition coefficient (Wildman–Crippen LogP) is 0.0408. The van der Waals surface area contributed by atoms with E-state index in [-0.39, 0.29) is 19.0 Å². The molecule has 1 unspecified atom stereocenters. The zero-order valence-electron chi connectivity index (χ0n) is 10.9. The van der Waals surface area contributed by atoms with Gasteiger partial charge in [0.2, 0.25) is 0 Å². The molecule has 0 saturated carbocycles. The Kier molecular flexibility index (Phi) is 5.80. The van der Waals surface area contributed by atoms with Crippen LogP contribution in [0.5, 0.6) is 0 Å². The first-order chi connectivity index (χ1) is 9.02. The van der Waals surface area contributed by atoms with E-state index in [2.05, 4.69) is 15.3 Å². The highest BCUT2D eigenvalue weighted by atomic mass is 16.5. The van der Waals surface area contributed by atoms with Crippen LogP contribution in [-0.2, 0) is 16.1 Å². The van der Waals surface area contributed by atoms with Crippen molar-refractivity contribution < 1.29 is 19.4 Å². The third kappa shape index (κ3) is 5.38. The summed E-state index contributed by atoms with van der Waals surface area (Å²) in [7, 11) is 3.03. The lowest BCUT2D eigenvalue weighted by molar-refractivity contribution is -0.139. The molecule has 1 heterocycles. The zero-order chi connectivity index (χ0) is 14.3. The van der Waals surface area contributed by atoms with Crippen molar-refractivity contribution in [2.45, 2.75) is 19.1 Å². The van der Waals surface area contributed by atoms with Crippen molar-refractivity contribution in [2.24, 2.45) is 0 Å². The van der Waals surface area contributed by atoms with Gasteiger partial charge < -0.3 is 25.0 Å². The summed E-state index contributed by atoms with van der Waals surface area (Å²) in [6.45, 7) is 0.486. The van der Waals surface area contributed by atoms with E-state index in [0.29, 0.717) is 12.4 Å². The molecule has 0 aromatic carbocycles. The second-order valence-electron chi connectivity index (χ2n) is 4.03. The average Bonchev–Trinajstić information content (AvgIpc) is 2.86. The molecular weight excluding hydrogens is 252 g/mol. The van der Waals surface area contributed by atoms with Gasteiger partial charge in [-0.25, -0.2) is 9.78 Å². The minimum atomic E-state index is -0.968.